The number of rotatable bonds is 8. The molecule has 0 amide bonds. The maximum atomic E-state index is 12.5. The monoisotopic (exact) mass is 836 g/mol. The van der Waals surface area contributed by atoms with E-state index in [1.54, 1.807) is 0 Å². The minimum atomic E-state index is -0.921. The Morgan fingerprint density at radius 2 is 1.20 bits per heavy atom. The first-order valence-electron chi connectivity index (χ1n) is 22.8. The Bertz CT molecular complexity index is 3200. The Kier molecular flexibility index (Phi) is 10.6. The number of aromatic hydroxyl groups is 1. The van der Waals surface area contributed by atoms with E-state index >= 15 is 0 Å². The van der Waals surface area contributed by atoms with Crippen LogP contribution in [0.15, 0.2) is 170 Å². The van der Waals surface area contributed by atoms with Crippen molar-refractivity contribution in [2.75, 3.05) is 0 Å². The normalized spacial score (nSPS) is 12.4. The fourth-order valence-corrected chi connectivity index (χ4v) is 8.78. The standard InChI is InChI=1S/C60H57N3O/c1-38(2)51-37-48(27-28-49(51)42-19-14-11-15-20-42)63-55-22-16-21-50(56(55)62-58(63)52-35-47(59(4,5)6)36-53(57(52)64)60(7,8)9)45-31-44(40-17-12-10-13-18-40)32-46(33-45)54-34-43(29-30-61-54)41-25-23-39(3)24-26-41/h10-38,64H,1-9H3/i38D. The van der Waals surface area contributed by atoms with Gasteiger partial charge in [-0.1, -0.05) is 170 Å². The van der Waals surface area contributed by atoms with Crippen LogP contribution in [0.5, 0.6) is 5.75 Å². The SMILES string of the molecule is [2H]C(C)(C)c1cc(-n2c(-c3cc(C(C)(C)C)cc(C(C)(C)C)c3O)nc3c(-c4cc(-c5ccccc5)cc(-c5cc(-c6ccc(C)cc6)ccn5)c4)cccc32)ccc1-c1ccccc1. The molecule has 9 rings (SSSR count). The number of para-hydroxylation sites is 1. The summed E-state index contributed by atoms with van der Waals surface area (Å²) in [7, 11) is 0. The minimum absolute atomic E-state index is 0.205. The molecule has 0 saturated carbocycles. The number of nitrogens with zero attached hydrogens (tertiary/aromatic N) is 3. The van der Waals surface area contributed by atoms with Gasteiger partial charge in [0.1, 0.15) is 11.6 Å². The maximum Gasteiger partial charge on any atom is 0.149 e. The fraction of sp³-hybridized carbons (Fsp3) is 0.200. The van der Waals surface area contributed by atoms with E-state index in [0.29, 0.717) is 11.4 Å². The van der Waals surface area contributed by atoms with E-state index < -0.39 is 5.89 Å². The molecule has 0 aliphatic carbocycles. The highest BCUT2D eigenvalue weighted by molar-refractivity contribution is 5.98. The first-order chi connectivity index (χ1) is 30.9. The highest BCUT2D eigenvalue weighted by atomic mass is 16.3. The lowest BCUT2D eigenvalue weighted by Crippen LogP contribution is -2.17. The van der Waals surface area contributed by atoms with E-state index in [9.17, 15) is 6.48 Å². The number of phenolic OH excluding ortho intramolecular Hbond substituents is 1. The van der Waals surface area contributed by atoms with Gasteiger partial charge in [-0.15, -0.1) is 0 Å². The molecular formula is C60H57N3O. The Labute approximate surface area is 380 Å². The van der Waals surface area contributed by atoms with Gasteiger partial charge in [0.25, 0.3) is 0 Å². The lowest BCUT2D eigenvalue weighted by Gasteiger charge is -2.27. The quantitative estimate of drug-likeness (QED) is 0.166. The Morgan fingerprint density at radius 3 is 1.88 bits per heavy atom. The van der Waals surface area contributed by atoms with Crippen LogP contribution in [-0.4, -0.2) is 19.6 Å². The number of imidazole rings is 1. The molecule has 9 aromatic rings. The molecule has 0 fully saturated rings. The summed E-state index contributed by atoms with van der Waals surface area (Å²) in [5, 5.41) is 12.5. The maximum absolute atomic E-state index is 12.5. The molecule has 0 bridgehead atoms. The van der Waals surface area contributed by atoms with Crippen LogP contribution in [0.4, 0.5) is 0 Å². The van der Waals surface area contributed by atoms with Gasteiger partial charge in [-0.2, -0.15) is 0 Å². The molecule has 64 heavy (non-hydrogen) atoms. The van der Waals surface area contributed by atoms with Crippen LogP contribution >= 0.6 is 0 Å². The van der Waals surface area contributed by atoms with Crippen LogP contribution in [0.2, 0.25) is 0 Å². The summed E-state index contributed by atoms with van der Waals surface area (Å²) in [5.41, 5.74) is 17.1. The van der Waals surface area contributed by atoms with Gasteiger partial charge >= 0.3 is 0 Å². The van der Waals surface area contributed by atoms with Crippen molar-refractivity contribution in [3.05, 3.63) is 192 Å². The highest BCUT2D eigenvalue weighted by Gasteiger charge is 2.29. The number of aryl methyl sites for hydroxylation is 1. The van der Waals surface area contributed by atoms with Crippen molar-refractivity contribution in [1.29, 1.82) is 0 Å². The predicted molar refractivity (Wildman–Crippen MR) is 269 cm³/mol. The van der Waals surface area contributed by atoms with Crippen LogP contribution in [0.1, 0.15) is 84.9 Å². The second kappa shape index (κ2) is 16.6. The predicted octanol–water partition coefficient (Wildman–Crippen LogP) is 16.2. The van der Waals surface area contributed by atoms with Gasteiger partial charge in [0.2, 0.25) is 0 Å². The molecule has 0 spiro atoms. The average Bonchev–Trinajstić information content (AvgIpc) is 3.68. The van der Waals surface area contributed by atoms with Crippen molar-refractivity contribution in [2.45, 2.75) is 79.0 Å². The third-order valence-electron chi connectivity index (χ3n) is 12.4. The molecule has 0 unspecified atom stereocenters. The average molecular weight is 837 g/mol. The lowest BCUT2D eigenvalue weighted by atomic mass is 9.79. The van der Waals surface area contributed by atoms with Gasteiger partial charge < -0.3 is 5.11 Å². The first-order valence-corrected chi connectivity index (χ1v) is 22.3. The van der Waals surface area contributed by atoms with E-state index in [4.69, 9.17) is 9.97 Å². The number of hydrogen-bond acceptors (Lipinski definition) is 3. The number of hydrogen-bond donors (Lipinski definition) is 1. The number of fused-ring (bicyclic) bond motifs is 1. The minimum Gasteiger partial charge on any atom is -0.507 e. The van der Waals surface area contributed by atoms with E-state index in [0.717, 1.165) is 89.2 Å². The molecule has 0 aliphatic heterocycles. The van der Waals surface area contributed by atoms with Gasteiger partial charge in [0, 0.05) is 29.9 Å². The molecule has 0 aliphatic rings. The van der Waals surface area contributed by atoms with E-state index in [2.05, 4.69) is 193 Å². The second-order valence-electron chi connectivity index (χ2n) is 19.4. The molecule has 0 atom stereocenters. The zero-order valence-corrected chi connectivity index (χ0v) is 38.5. The topological polar surface area (TPSA) is 50.9 Å². The van der Waals surface area contributed by atoms with Gasteiger partial charge in [0.15, 0.2) is 0 Å². The van der Waals surface area contributed by atoms with E-state index in [1.807, 2.05) is 44.3 Å². The van der Waals surface area contributed by atoms with Crippen molar-refractivity contribution >= 4 is 11.0 Å². The third-order valence-corrected chi connectivity index (χ3v) is 12.4. The van der Waals surface area contributed by atoms with Crippen LogP contribution in [0.3, 0.4) is 0 Å². The number of benzene rings is 7. The van der Waals surface area contributed by atoms with Crippen LogP contribution in [-0.2, 0) is 10.8 Å². The van der Waals surface area contributed by atoms with Gasteiger partial charge in [-0.05, 0) is 128 Å². The van der Waals surface area contributed by atoms with Crippen LogP contribution in [0, 0.1) is 6.92 Å². The fourth-order valence-electron chi connectivity index (χ4n) is 8.78. The Balaban J connectivity index is 1.34. The van der Waals surface area contributed by atoms with Gasteiger partial charge in [-0.25, -0.2) is 4.98 Å². The van der Waals surface area contributed by atoms with Gasteiger partial charge in [0.05, 0.1) is 22.3 Å². The lowest BCUT2D eigenvalue weighted by molar-refractivity contribution is 0.446. The summed E-state index contributed by atoms with van der Waals surface area (Å²) in [6, 6.07) is 57.4. The summed E-state index contributed by atoms with van der Waals surface area (Å²) < 4.78 is 11.6. The summed E-state index contributed by atoms with van der Waals surface area (Å²) >= 11 is 0. The van der Waals surface area contributed by atoms with Crippen molar-refractivity contribution in [2.24, 2.45) is 0 Å². The molecule has 7 aromatic carbocycles. The smallest absolute Gasteiger partial charge is 0.149 e. The van der Waals surface area contributed by atoms with Crippen molar-refractivity contribution in [3.8, 4) is 78.6 Å². The summed E-state index contributed by atoms with van der Waals surface area (Å²) in [4.78, 5) is 10.6. The summed E-state index contributed by atoms with van der Waals surface area (Å²) in [6.07, 6.45) is 1.90. The molecule has 2 heterocycles. The van der Waals surface area contributed by atoms with Crippen molar-refractivity contribution in [1.82, 2.24) is 14.5 Å². The Hall–Kier alpha value is -7.04. The van der Waals surface area contributed by atoms with Crippen molar-refractivity contribution in [3.63, 3.8) is 0 Å². The number of pyridine rings is 1. The highest BCUT2D eigenvalue weighted by Crippen LogP contribution is 2.45. The third kappa shape index (κ3) is 8.17. The number of phenols is 1. The molecule has 2 aromatic heterocycles. The molecule has 0 radical (unpaired) electrons. The number of aromatic nitrogens is 3. The van der Waals surface area contributed by atoms with Crippen LogP contribution < -0.4 is 0 Å². The zero-order valence-electron chi connectivity index (χ0n) is 39.5. The molecular weight excluding hydrogens is 779 g/mol. The largest absolute Gasteiger partial charge is 0.507 e. The molecule has 1 N–H and O–H groups in total. The zero-order chi connectivity index (χ0) is 45.8. The molecule has 0 saturated heterocycles. The molecule has 318 valence electrons. The van der Waals surface area contributed by atoms with Gasteiger partial charge in [-0.3, -0.25) is 9.55 Å². The molecule has 4 nitrogen and oxygen atoms in total. The van der Waals surface area contributed by atoms with E-state index in [1.165, 1.54) is 5.56 Å². The van der Waals surface area contributed by atoms with E-state index in [-0.39, 0.29) is 16.6 Å². The second-order valence-corrected chi connectivity index (χ2v) is 19.4. The summed E-state index contributed by atoms with van der Waals surface area (Å²) in [6.45, 7) is 19.1. The Morgan fingerprint density at radius 1 is 0.547 bits per heavy atom. The first kappa shape index (κ1) is 41.0. The summed E-state index contributed by atoms with van der Waals surface area (Å²) in [5.74, 6) is -0.0662. The molecule has 4 heteroatoms. The van der Waals surface area contributed by atoms with Crippen LogP contribution in [0.25, 0.3) is 83.9 Å². The van der Waals surface area contributed by atoms with Crippen molar-refractivity contribution < 1.29 is 6.48 Å².